The highest BCUT2D eigenvalue weighted by atomic mass is 35.5. The number of nitrogens with zero attached hydrogens (tertiary/aromatic N) is 1. The summed E-state index contributed by atoms with van der Waals surface area (Å²) < 4.78 is 23.7. The zero-order chi connectivity index (χ0) is 34.9. The molecule has 0 spiro atoms. The average Bonchev–Trinajstić information content (AvgIpc) is 3.53. The van der Waals surface area contributed by atoms with Crippen LogP contribution < -0.4 is 10.9 Å². The van der Waals surface area contributed by atoms with Crippen molar-refractivity contribution in [2.75, 3.05) is 0 Å². The quantitative estimate of drug-likeness (QED) is 0.150. The predicted molar refractivity (Wildman–Crippen MR) is 175 cm³/mol. The van der Waals surface area contributed by atoms with Gasteiger partial charge in [-0.15, -0.1) is 0 Å². The Labute approximate surface area is 274 Å². The van der Waals surface area contributed by atoms with E-state index >= 15 is 0 Å². The maximum atomic E-state index is 11.2. The molecule has 0 saturated heterocycles. The maximum Gasteiger partial charge on any atom is 0.337 e. The van der Waals surface area contributed by atoms with Crippen molar-refractivity contribution in [2.45, 2.75) is 11.8 Å². The number of halogens is 1. The summed E-state index contributed by atoms with van der Waals surface area (Å²) in [5.74, 6) is -3.70. The van der Waals surface area contributed by atoms with Crippen LogP contribution in [0.15, 0.2) is 114 Å². The Morgan fingerprint density at radius 1 is 0.702 bits per heavy atom. The molecule has 0 aliphatic rings. The van der Waals surface area contributed by atoms with E-state index in [9.17, 15) is 37.8 Å². The van der Waals surface area contributed by atoms with Gasteiger partial charge >= 0.3 is 17.9 Å². The molecule has 5 aromatic rings. The van der Waals surface area contributed by atoms with Crippen LogP contribution in [0.3, 0.4) is 0 Å². The predicted octanol–water partition coefficient (Wildman–Crippen LogP) is 5.32. The molecule has 0 fully saturated rings. The van der Waals surface area contributed by atoms with Gasteiger partial charge in [0, 0.05) is 28.7 Å². The number of carbonyl (C=O) groups is 4. The van der Waals surface area contributed by atoms with Gasteiger partial charge in [0.05, 0.1) is 21.6 Å². The van der Waals surface area contributed by atoms with Crippen molar-refractivity contribution in [3.63, 3.8) is 0 Å². The molecule has 14 heteroatoms. The smallest absolute Gasteiger partial charge is 0.337 e. The third kappa shape index (κ3) is 9.86. The summed E-state index contributed by atoms with van der Waals surface area (Å²) in [6.07, 6.45) is 3.02. The van der Waals surface area contributed by atoms with Crippen molar-refractivity contribution in [1.82, 2.24) is 4.57 Å². The number of carboxylic acid groups (broad SMARTS) is 3. The zero-order valence-corrected chi connectivity index (χ0v) is 26.1. The lowest BCUT2D eigenvalue weighted by Crippen LogP contribution is -2.11. The molecule has 7 N–H and O–H groups in total. The van der Waals surface area contributed by atoms with Gasteiger partial charge in [-0.25, -0.2) is 27.9 Å². The van der Waals surface area contributed by atoms with Gasteiger partial charge in [-0.05, 0) is 90.3 Å². The van der Waals surface area contributed by atoms with E-state index in [0.717, 1.165) is 0 Å². The van der Waals surface area contributed by atoms with Crippen LogP contribution in [0.25, 0.3) is 16.8 Å². The highest BCUT2D eigenvalue weighted by Gasteiger charge is 2.17. The van der Waals surface area contributed by atoms with Crippen molar-refractivity contribution in [1.29, 1.82) is 0 Å². The molecule has 0 radical (unpaired) electrons. The number of primary amides is 1. The lowest BCUT2D eigenvalue weighted by Gasteiger charge is -2.10. The number of amides is 1. The second-order valence-electron chi connectivity index (χ2n) is 9.70. The minimum Gasteiger partial charge on any atom is -0.478 e. The first-order chi connectivity index (χ1) is 22.1. The summed E-state index contributed by atoms with van der Waals surface area (Å²) in [5.41, 5.74) is 7.77. The molecule has 0 aliphatic heterocycles. The van der Waals surface area contributed by atoms with Gasteiger partial charge in [0.15, 0.2) is 0 Å². The number of rotatable bonds is 7. The van der Waals surface area contributed by atoms with Crippen molar-refractivity contribution >= 4 is 45.4 Å². The molecule has 242 valence electrons. The number of hydrogen-bond acceptors (Lipinski definition) is 6. The van der Waals surface area contributed by atoms with Gasteiger partial charge < -0.3 is 25.6 Å². The van der Waals surface area contributed by atoms with Crippen LogP contribution in [-0.4, -0.2) is 52.1 Å². The van der Waals surface area contributed by atoms with Crippen molar-refractivity contribution in [3.05, 3.63) is 142 Å². The van der Waals surface area contributed by atoms with E-state index in [1.165, 1.54) is 43.5 Å². The summed E-state index contributed by atoms with van der Waals surface area (Å²) in [6.45, 7) is 1.48. The Bertz CT molecular complexity index is 1990. The third-order valence-corrected chi connectivity index (χ3v) is 7.69. The SMILES string of the molecule is Cc1c(C(=O)O)cc(-c2ccc(Cl)cc2)cc1C(=O)O.NC(=O)c1ccccc1.NS(=O)(=O)c1ccc(-n2ccc(C(=O)O)c2)cc1. The minimum absolute atomic E-state index is 0.0110. The van der Waals surface area contributed by atoms with Crippen LogP contribution in [0.2, 0.25) is 5.02 Å². The molecule has 1 amide bonds. The Kier molecular flexibility index (Phi) is 11.8. The van der Waals surface area contributed by atoms with Crippen LogP contribution >= 0.6 is 11.6 Å². The Hall–Kier alpha value is -5.76. The van der Waals surface area contributed by atoms with Gasteiger partial charge in [-0.2, -0.15) is 0 Å². The molecule has 1 aromatic heterocycles. The number of aromatic carboxylic acids is 3. The first-order valence-corrected chi connectivity index (χ1v) is 15.3. The van der Waals surface area contributed by atoms with Gasteiger partial charge in [0.25, 0.3) is 0 Å². The first-order valence-electron chi connectivity index (χ1n) is 13.3. The topological polar surface area (TPSA) is 220 Å². The average molecular weight is 678 g/mol. The highest BCUT2D eigenvalue weighted by Crippen LogP contribution is 2.27. The summed E-state index contributed by atoms with van der Waals surface area (Å²) in [4.78, 5) is 43.6. The number of primary sulfonamides is 1. The summed E-state index contributed by atoms with van der Waals surface area (Å²) in [6, 6.07) is 25.7. The van der Waals surface area contributed by atoms with Gasteiger partial charge in [-0.1, -0.05) is 41.9 Å². The maximum absolute atomic E-state index is 11.2. The highest BCUT2D eigenvalue weighted by molar-refractivity contribution is 7.89. The van der Waals surface area contributed by atoms with Crippen molar-refractivity contribution < 1.29 is 42.9 Å². The second-order valence-corrected chi connectivity index (χ2v) is 11.7. The van der Waals surface area contributed by atoms with Crippen LogP contribution in [0.1, 0.15) is 47.0 Å². The van der Waals surface area contributed by atoms with Crippen LogP contribution in [-0.2, 0) is 10.0 Å². The standard InChI is InChI=1S/C15H11ClO4.C11H10N2O4S.C7H7NO/c1-8-12(14(17)18)6-10(7-13(8)15(19)20)9-2-4-11(16)5-3-9;12-18(16,17)10-3-1-9(2-4-10)13-6-5-8(7-13)11(14)15;8-7(9)6-4-2-1-3-5-6/h2-7H,1H3,(H,17,18)(H,19,20);1-7H,(H,14,15)(H2,12,16,17);1-5H,(H2,8,9). The number of hydrogen-bond donors (Lipinski definition) is 5. The molecule has 47 heavy (non-hydrogen) atoms. The molecule has 0 bridgehead atoms. The second kappa shape index (κ2) is 15.5. The number of aromatic nitrogens is 1. The minimum atomic E-state index is -3.71. The van der Waals surface area contributed by atoms with Crippen molar-refractivity contribution in [3.8, 4) is 16.8 Å². The number of nitrogens with two attached hydrogens (primary N) is 2. The van der Waals surface area contributed by atoms with Crippen LogP contribution in [0.5, 0.6) is 0 Å². The van der Waals surface area contributed by atoms with E-state index in [2.05, 4.69) is 0 Å². The molecule has 0 aliphatic carbocycles. The molecule has 0 saturated carbocycles. The Morgan fingerprint density at radius 2 is 1.23 bits per heavy atom. The summed E-state index contributed by atoms with van der Waals surface area (Å²) >= 11 is 5.80. The fourth-order valence-corrected chi connectivity index (χ4v) is 4.70. The number of carboxylic acids is 3. The van der Waals surface area contributed by atoms with E-state index in [-0.39, 0.29) is 33.1 Å². The van der Waals surface area contributed by atoms with E-state index in [1.807, 2.05) is 6.07 Å². The fraction of sp³-hybridized carbons (Fsp3) is 0.0303. The van der Waals surface area contributed by atoms with Crippen LogP contribution in [0, 0.1) is 6.92 Å². The van der Waals surface area contributed by atoms with Gasteiger partial charge in [0.2, 0.25) is 15.9 Å². The van der Waals surface area contributed by atoms with E-state index < -0.39 is 27.9 Å². The van der Waals surface area contributed by atoms with Gasteiger partial charge in [-0.3, -0.25) is 4.79 Å². The molecule has 5 rings (SSSR count). The Morgan fingerprint density at radius 3 is 1.64 bits per heavy atom. The molecule has 4 aromatic carbocycles. The lowest BCUT2D eigenvalue weighted by atomic mass is 9.95. The lowest BCUT2D eigenvalue weighted by molar-refractivity contribution is 0.0681. The summed E-state index contributed by atoms with van der Waals surface area (Å²) in [5, 5.41) is 32.7. The largest absolute Gasteiger partial charge is 0.478 e. The number of carbonyl (C=O) groups excluding carboxylic acids is 1. The van der Waals surface area contributed by atoms with Gasteiger partial charge in [0.1, 0.15) is 0 Å². The molecule has 0 atom stereocenters. The fourth-order valence-electron chi connectivity index (χ4n) is 4.06. The molecular formula is C33H28ClN3O9S. The first kappa shape index (κ1) is 35.7. The Balaban J connectivity index is 0.000000205. The zero-order valence-electron chi connectivity index (χ0n) is 24.6. The van der Waals surface area contributed by atoms with E-state index in [1.54, 1.807) is 71.4 Å². The molecule has 0 unspecified atom stereocenters. The van der Waals surface area contributed by atoms with E-state index in [0.29, 0.717) is 27.4 Å². The third-order valence-electron chi connectivity index (χ3n) is 6.51. The molecule has 1 heterocycles. The normalized spacial score (nSPS) is 10.4. The van der Waals surface area contributed by atoms with Crippen molar-refractivity contribution in [2.24, 2.45) is 10.9 Å². The molecule has 12 nitrogen and oxygen atoms in total. The van der Waals surface area contributed by atoms with Crippen LogP contribution in [0.4, 0.5) is 0 Å². The van der Waals surface area contributed by atoms with E-state index in [4.69, 9.17) is 27.6 Å². The number of sulfonamides is 1. The molecular weight excluding hydrogens is 650 g/mol. The monoisotopic (exact) mass is 677 g/mol. The summed E-state index contributed by atoms with van der Waals surface area (Å²) in [7, 11) is -3.71. The number of benzene rings is 4.